The van der Waals surface area contributed by atoms with Gasteiger partial charge in [0.2, 0.25) is 0 Å². The molecule has 2 aromatic rings. The summed E-state index contributed by atoms with van der Waals surface area (Å²) in [6.45, 7) is 3.36. The summed E-state index contributed by atoms with van der Waals surface area (Å²) in [5.74, 6) is 0.519. The zero-order valence-corrected chi connectivity index (χ0v) is 12.6. The Bertz CT molecular complexity index is 675. The molecule has 0 spiro atoms. The van der Waals surface area contributed by atoms with Gasteiger partial charge in [0, 0.05) is 11.1 Å². The maximum atomic E-state index is 11.2. The molecular formula is C17H15ClO3. The van der Waals surface area contributed by atoms with Gasteiger partial charge in [0.05, 0.1) is 5.02 Å². The first kappa shape index (κ1) is 15.3. The van der Waals surface area contributed by atoms with Crippen molar-refractivity contribution in [2.75, 3.05) is 0 Å². The second-order valence-electron chi connectivity index (χ2n) is 4.74. The van der Waals surface area contributed by atoms with Gasteiger partial charge in [-0.1, -0.05) is 35.9 Å². The molecular weight excluding hydrogens is 288 g/mol. The van der Waals surface area contributed by atoms with E-state index in [2.05, 4.69) is 0 Å². The van der Waals surface area contributed by atoms with E-state index in [0.717, 1.165) is 5.56 Å². The molecule has 0 N–H and O–H groups in total. The maximum absolute atomic E-state index is 11.2. The number of hydrogen-bond acceptors (Lipinski definition) is 3. The molecule has 0 aliphatic carbocycles. The number of carbonyl (C=O) groups is 2. The molecule has 0 bridgehead atoms. The minimum Gasteiger partial charge on any atom is -0.487 e. The van der Waals surface area contributed by atoms with Crippen molar-refractivity contribution in [3.63, 3.8) is 0 Å². The Kier molecular flexibility index (Phi) is 4.76. The van der Waals surface area contributed by atoms with Crippen LogP contribution in [0.15, 0.2) is 42.5 Å². The van der Waals surface area contributed by atoms with E-state index in [1.807, 2.05) is 12.1 Å². The third-order valence-corrected chi connectivity index (χ3v) is 3.39. The molecule has 108 valence electrons. The summed E-state index contributed by atoms with van der Waals surface area (Å²) in [7, 11) is 0. The van der Waals surface area contributed by atoms with Crippen molar-refractivity contribution in [1.29, 1.82) is 0 Å². The first-order chi connectivity index (χ1) is 9.97. The van der Waals surface area contributed by atoms with E-state index in [-0.39, 0.29) is 11.6 Å². The smallest absolute Gasteiger partial charge is 0.159 e. The molecule has 0 radical (unpaired) electrons. The van der Waals surface area contributed by atoms with Crippen molar-refractivity contribution < 1.29 is 14.3 Å². The molecule has 0 saturated carbocycles. The van der Waals surface area contributed by atoms with Gasteiger partial charge in [-0.05, 0) is 37.6 Å². The summed E-state index contributed by atoms with van der Waals surface area (Å²) in [4.78, 5) is 22.4. The Morgan fingerprint density at radius 2 is 1.52 bits per heavy atom. The average molecular weight is 303 g/mol. The number of carbonyl (C=O) groups excluding carboxylic acids is 2. The predicted molar refractivity (Wildman–Crippen MR) is 82.2 cm³/mol. The minimum atomic E-state index is -0.0386. The van der Waals surface area contributed by atoms with Crippen LogP contribution in [0.3, 0.4) is 0 Å². The monoisotopic (exact) mass is 302 g/mol. The maximum Gasteiger partial charge on any atom is 0.159 e. The number of rotatable bonds is 5. The highest BCUT2D eigenvalue weighted by Gasteiger charge is 2.06. The number of ether oxygens (including phenoxy) is 1. The van der Waals surface area contributed by atoms with Crippen LogP contribution in [0.2, 0.25) is 5.02 Å². The van der Waals surface area contributed by atoms with Gasteiger partial charge in [0.25, 0.3) is 0 Å². The standard InChI is InChI=1S/C17H15ClO3/c1-11(19)14-5-3-13(4-6-14)10-21-17-8-7-15(12(2)20)9-16(17)18/h3-9H,10H2,1-2H3. The van der Waals surface area contributed by atoms with Crippen LogP contribution in [-0.4, -0.2) is 11.6 Å². The van der Waals surface area contributed by atoms with E-state index in [0.29, 0.717) is 28.5 Å². The predicted octanol–water partition coefficient (Wildman–Crippen LogP) is 4.32. The van der Waals surface area contributed by atoms with Crippen LogP contribution >= 0.6 is 11.6 Å². The SMILES string of the molecule is CC(=O)c1ccc(COc2ccc(C(C)=O)cc2Cl)cc1. The van der Waals surface area contributed by atoms with E-state index in [4.69, 9.17) is 16.3 Å². The summed E-state index contributed by atoms with van der Waals surface area (Å²) in [5.41, 5.74) is 2.16. The molecule has 0 heterocycles. The molecule has 4 heteroatoms. The summed E-state index contributed by atoms with van der Waals surface area (Å²) in [6.07, 6.45) is 0. The number of ketones is 2. The van der Waals surface area contributed by atoms with Gasteiger partial charge in [0.15, 0.2) is 11.6 Å². The van der Waals surface area contributed by atoms with Crippen LogP contribution in [0.4, 0.5) is 0 Å². The lowest BCUT2D eigenvalue weighted by Gasteiger charge is -2.09. The molecule has 0 atom stereocenters. The van der Waals surface area contributed by atoms with Crippen LogP contribution in [-0.2, 0) is 6.61 Å². The summed E-state index contributed by atoms with van der Waals surface area (Å²) >= 11 is 6.08. The summed E-state index contributed by atoms with van der Waals surface area (Å²) in [6, 6.07) is 12.2. The van der Waals surface area contributed by atoms with E-state index >= 15 is 0 Å². The Morgan fingerprint density at radius 1 is 0.952 bits per heavy atom. The quantitative estimate of drug-likeness (QED) is 0.772. The number of Topliss-reactive ketones (excluding diaryl/α,β-unsaturated/α-hetero) is 2. The second-order valence-corrected chi connectivity index (χ2v) is 5.15. The van der Waals surface area contributed by atoms with Gasteiger partial charge in [-0.3, -0.25) is 9.59 Å². The molecule has 21 heavy (non-hydrogen) atoms. The van der Waals surface area contributed by atoms with Crippen LogP contribution in [0.5, 0.6) is 5.75 Å². The van der Waals surface area contributed by atoms with Gasteiger partial charge < -0.3 is 4.74 Å². The lowest BCUT2D eigenvalue weighted by molar-refractivity contribution is 0.100. The normalized spacial score (nSPS) is 10.2. The van der Waals surface area contributed by atoms with Gasteiger partial charge in [-0.15, -0.1) is 0 Å². The Hall–Kier alpha value is -2.13. The largest absolute Gasteiger partial charge is 0.487 e. The topological polar surface area (TPSA) is 43.4 Å². The van der Waals surface area contributed by atoms with Gasteiger partial charge >= 0.3 is 0 Å². The highest BCUT2D eigenvalue weighted by molar-refractivity contribution is 6.32. The summed E-state index contributed by atoms with van der Waals surface area (Å²) < 4.78 is 5.63. The third kappa shape index (κ3) is 3.92. The number of halogens is 1. The highest BCUT2D eigenvalue weighted by atomic mass is 35.5. The van der Waals surface area contributed by atoms with E-state index in [1.165, 1.54) is 13.8 Å². The van der Waals surface area contributed by atoms with Crippen molar-refractivity contribution in [3.05, 3.63) is 64.2 Å². The van der Waals surface area contributed by atoms with Crippen molar-refractivity contribution in [1.82, 2.24) is 0 Å². The Balaban J connectivity index is 2.06. The molecule has 0 fully saturated rings. The van der Waals surface area contributed by atoms with Crippen LogP contribution in [0.25, 0.3) is 0 Å². The Morgan fingerprint density at radius 3 is 2.05 bits per heavy atom. The lowest BCUT2D eigenvalue weighted by atomic mass is 10.1. The molecule has 0 amide bonds. The summed E-state index contributed by atoms with van der Waals surface area (Å²) in [5, 5.41) is 0.406. The molecule has 2 aromatic carbocycles. The fourth-order valence-corrected chi connectivity index (χ4v) is 2.07. The molecule has 3 nitrogen and oxygen atoms in total. The van der Waals surface area contributed by atoms with Crippen molar-refractivity contribution in [3.8, 4) is 5.75 Å². The van der Waals surface area contributed by atoms with Crippen molar-refractivity contribution in [2.45, 2.75) is 20.5 Å². The molecule has 0 saturated heterocycles. The van der Waals surface area contributed by atoms with Gasteiger partial charge in [-0.25, -0.2) is 0 Å². The van der Waals surface area contributed by atoms with Crippen LogP contribution in [0.1, 0.15) is 40.1 Å². The van der Waals surface area contributed by atoms with E-state index < -0.39 is 0 Å². The average Bonchev–Trinajstić information content (AvgIpc) is 2.46. The van der Waals surface area contributed by atoms with Crippen molar-refractivity contribution >= 4 is 23.2 Å². The van der Waals surface area contributed by atoms with Gasteiger partial charge in [-0.2, -0.15) is 0 Å². The third-order valence-electron chi connectivity index (χ3n) is 3.09. The second kappa shape index (κ2) is 6.55. The van der Waals surface area contributed by atoms with Crippen molar-refractivity contribution in [2.24, 2.45) is 0 Å². The molecule has 0 aliphatic rings. The molecule has 0 aromatic heterocycles. The number of benzene rings is 2. The first-order valence-corrected chi connectivity index (χ1v) is 6.88. The van der Waals surface area contributed by atoms with Crippen LogP contribution < -0.4 is 4.74 Å². The zero-order chi connectivity index (χ0) is 15.4. The minimum absolute atomic E-state index is 0.0327. The van der Waals surface area contributed by atoms with Crippen LogP contribution in [0, 0.1) is 0 Å². The molecule has 0 unspecified atom stereocenters. The van der Waals surface area contributed by atoms with Gasteiger partial charge in [0.1, 0.15) is 12.4 Å². The molecule has 2 rings (SSSR count). The van der Waals surface area contributed by atoms with E-state index in [1.54, 1.807) is 30.3 Å². The fraction of sp³-hybridized carbons (Fsp3) is 0.176. The first-order valence-electron chi connectivity index (χ1n) is 6.50. The zero-order valence-electron chi connectivity index (χ0n) is 11.9. The highest BCUT2D eigenvalue weighted by Crippen LogP contribution is 2.26. The van der Waals surface area contributed by atoms with E-state index in [9.17, 15) is 9.59 Å². The lowest BCUT2D eigenvalue weighted by Crippen LogP contribution is -1.99. The number of hydrogen-bond donors (Lipinski definition) is 0. The fourth-order valence-electron chi connectivity index (χ4n) is 1.83. The molecule has 0 aliphatic heterocycles. The Labute approximate surface area is 128 Å².